The van der Waals surface area contributed by atoms with Crippen molar-refractivity contribution < 1.29 is 4.74 Å². The third-order valence-corrected chi connectivity index (χ3v) is 5.08. The van der Waals surface area contributed by atoms with Crippen LogP contribution in [0.25, 0.3) is 0 Å². The van der Waals surface area contributed by atoms with Crippen molar-refractivity contribution in [2.45, 2.75) is 63.5 Å². The molecule has 0 bridgehead atoms. The molecule has 0 aromatic heterocycles. The van der Waals surface area contributed by atoms with Crippen molar-refractivity contribution in [1.29, 1.82) is 0 Å². The zero-order valence-corrected chi connectivity index (χ0v) is 12.2. The van der Waals surface area contributed by atoms with Crippen LogP contribution >= 0.6 is 0 Å². The van der Waals surface area contributed by atoms with Gasteiger partial charge in [0.05, 0.1) is 6.10 Å². The van der Waals surface area contributed by atoms with Crippen LogP contribution < -0.4 is 5.73 Å². The van der Waals surface area contributed by atoms with Gasteiger partial charge in [-0.05, 0) is 45.6 Å². The van der Waals surface area contributed by atoms with E-state index in [4.69, 9.17) is 10.5 Å². The van der Waals surface area contributed by atoms with Crippen LogP contribution in [0, 0.1) is 5.92 Å². The van der Waals surface area contributed by atoms with Gasteiger partial charge in [0, 0.05) is 25.2 Å². The quantitative estimate of drug-likeness (QED) is 0.837. The number of hydrogen-bond donors (Lipinski definition) is 1. The minimum Gasteiger partial charge on any atom is -0.378 e. The first-order valence-corrected chi connectivity index (χ1v) is 7.69. The lowest BCUT2D eigenvalue weighted by molar-refractivity contribution is -0.0604. The van der Waals surface area contributed by atoms with E-state index in [0.717, 1.165) is 31.9 Å². The van der Waals surface area contributed by atoms with Crippen molar-refractivity contribution in [1.82, 2.24) is 4.90 Å². The second kappa shape index (κ2) is 6.36. The molecule has 0 spiro atoms. The Labute approximate surface area is 112 Å². The Morgan fingerprint density at radius 2 is 2.00 bits per heavy atom. The second-order valence-electron chi connectivity index (χ2n) is 6.45. The van der Waals surface area contributed by atoms with Gasteiger partial charge in [-0.3, -0.25) is 4.90 Å². The molecule has 2 N–H and O–H groups in total. The van der Waals surface area contributed by atoms with E-state index in [0.29, 0.717) is 6.10 Å². The summed E-state index contributed by atoms with van der Waals surface area (Å²) in [5.41, 5.74) is 6.30. The van der Waals surface area contributed by atoms with Crippen molar-refractivity contribution in [3.63, 3.8) is 0 Å². The first-order valence-electron chi connectivity index (χ1n) is 7.69. The molecule has 3 nitrogen and oxygen atoms in total. The molecular formula is C15H30N2O. The van der Waals surface area contributed by atoms with Gasteiger partial charge >= 0.3 is 0 Å². The highest BCUT2D eigenvalue weighted by Crippen LogP contribution is 2.32. The molecule has 0 aromatic carbocycles. The molecule has 1 heterocycles. The van der Waals surface area contributed by atoms with Crippen LogP contribution in [-0.2, 0) is 4.74 Å². The average molecular weight is 254 g/mol. The van der Waals surface area contributed by atoms with Gasteiger partial charge in [-0.1, -0.05) is 19.3 Å². The lowest BCUT2D eigenvalue weighted by atomic mass is 9.83. The van der Waals surface area contributed by atoms with Crippen LogP contribution in [-0.4, -0.2) is 43.3 Å². The summed E-state index contributed by atoms with van der Waals surface area (Å²) >= 11 is 0. The molecule has 2 fully saturated rings. The molecule has 1 aliphatic carbocycles. The van der Waals surface area contributed by atoms with E-state index in [9.17, 15) is 0 Å². The fourth-order valence-corrected chi connectivity index (χ4v) is 3.78. The second-order valence-corrected chi connectivity index (χ2v) is 6.45. The van der Waals surface area contributed by atoms with Crippen LogP contribution in [0.2, 0.25) is 0 Å². The summed E-state index contributed by atoms with van der Waals surface area (Å²) < 4.78 is 5.69. The Bertz CT molecular complexity index is 253. The van der Waals surface area contributed by atoms with Crippen LogP contribution in [0.3, 0.4) is 0 Å². The fourth-order valence-electron chi connectivity index (χ4n) is 3.78. The van der Waals surface area contributed by atoms with Gasteiger partial charge in [0.1, 0.15) is 0 Å². The summed E-state index contributed by atoms with van der Waals surface area (Å²) in [6.45, 7) is 5.04. The van der Waals surface area contributed by atoms with Gasteiger partial charge in [0.15, 0.2) is 0 Å². The molecule has 2 rings (SSSR count). The molecule has 1 saturated carbocycles. The summed E-state index contributed by atoms with van der Waals surface area (Å²) in [6.07, 6.45) is 9.66. The number of nitrogens with zero attached hydrogens (tertiary/aromatic N) is 1. The Morgan fingerprint density at radius 1 is 1.28 bits per heavy atom. The molecule has 3 heteroatoms. The first kappa shape index (κ1) is 14.3. The normalized spacial score (nSPS) is 35.0. The van der Waals surface area contributed by atoms with E-state index in [1.807, 2.05) is 0 Å². The van der Waals surface area contributed by atoms with E-state index >= 15 is 0 Å². The number of rotatable bonds is 4. The van der Waals surface area contributed by atoms with Gasteiger partial charge < -0.3 is 10.5 Å². The maximum Gasteiger partial charge on any atom is 0.0565 e. The molecule has 0 radical (unpaired) electrons. The highest BCUT2D eigenvalue weighted by Gasteiger charge is 2.38. The van der Waals surface area contributed by atoms with Gasteiger partial charge in [-0.15, -0.1) is 0 Å². The van der Waals surface area contributed by atoms with Crippen LogP contribution in [0.15, 0.2) is 0 Å². The minimum absolute atomic E-state index is 0.190. The predicted molar refractivity (Wildman–Crippen MR) is 75.6 cm³/mol. The number of nitrogens with two attached hydrogens (primary N) is 1. The average Bonchev–Trinajstić information content (AvgIpc) is 2.39. The first-order chi connectivity index (χ1) is 8.66. The topological polar surface area (TPSA) is 38.5 Å². The predicted octanol–water partition coefficient (Wildman–Crippen LogP) is 2.39. The molecule has 2 unspecified atom stereocenters. The Morgan fingerprint density at radius 3 is 2.61 bits per heavy atom. The van der Waals surface area contributed by atoms with Crippen LogP contribution in [0.4, 0.5) is 0 Å². The van der Waals surface area contributed by atoms with Gasteiger partial charge in [-0.2, -0.15) is 0 Å². The van der Waals surface area contributed by atoms with E-state index in [1.54, 1.807) is 0 Å². The maximum atomic E-state index is 6.11. The number of hydrogen-bond acceptors (Lipinski definition) is 3. The molecule has 1 saturated heterocycles. The van der Waals surface area contributed by atoms with Crippen molar-refractivity contribution >= 4 is 0 Å². The van der Waals surface area contributed by atoms with Crippen molar-refractivity contribution in [3.8, 4) is 0 Å². The molecule has 2 aliphatic rings. The van der Waals surface area contributed by atoms with Crippen molar-refractivity contribution in [2.75, 3.05) is 26.7 Å². The largest absolute Gasteiger partial charge is 0.378 e. The summed E-state index contributed by atoms with van der Waals surface area (Å²) in [4.78, 5) is 2.56. The Kier molecular flexibility index (Phi) is 5.05. The zero-order valence-electron chi connectivity index (χ0n) is 12.2. The molecule has 1 aliphatic heterocycles. The number of ether oxygens (including phenoxy) is 1. The third kappa shape index (κ3) is 3.25. The molecular weight excluding hydrogens is 224 g/mol. The third-order valence-electron chi connectivity index (χ3n) is 5.08. The summed E-state index contributed by atoms with van der Waals surface area (Å²) in [6, 6.07) is 0. The molecule has 106 valence electrons. The zero-order chi connectivity index (χ0) is 13.0. The fraction of sp³-hybridized carbons (Fsp3) is 1.00. The summed E-state index contributed by atoms with van der Waals surface area (Å²) in [7, 11) is 2.28. The lowest BCUT2D eigenvalue weighted by Gasteiger charge is -2.47. The number of likely N-dealkylation sites (N-methyl/N-ethyl adjacent to an activating group) is 1. The maximum absolute atomic E-state index is 6.11. The van der Waals surface area contributed by atoms with E-state index in [2.05, 4.69) is 18.9 Å². The van der Waals surface area contributed by atoms with Gasteiger partial charge in [0.25, 0.3) is 0 Å². The Hall–Kier alpha value is -0.120. The Balaban J connectivity index is 1.93. The van der Waals surface area contributed by atoms with Crippen molar-refractivity contribution in [2.24, 2.45) is 11.7 Å². The van der Waals surface area contributed by atoms with E-state index in [-0.39, 0.29) is 5.54 Å². The SMILES string of the molecule is CC1CC(CN)(N(C)CC2CCCCC2)CCO1. The van der Waals surface area contributed by atoms with Crippen molar-refractivity contribution in [3.05, 3.63) is 0 Å². The lowest BCUT2D eigenvalue weighted by Crippen LogP contribution is -2.57. The highest BCUT2D eigenvalue weighted by atomic mass is 16.5. The molecule has 0 amide bonds. The van der Waals surface area contributed by atoms with Gasteiger partial charge in [-0.25, -0.2) is 0 Å². The molecule has 18 heavy (non-hydrogen) atoms. The summed E-state index contributed by atoms with van der Waals surface area (Å²) in [5.74, 6) is 0.894. The summed E-state index contributed by atoms with van der Waals surface area (Å²) in [5, 5.41) is 0. The van der Waals surface area contributed by atoms with Crippen LogP contribution in [0.1, 0.15) is 51.9 Å². The molecule has 0 aromatic rings. The van der Waals surface area contributed by atoms with Gasteiger partial charge in [0.2, 0.25) is 0 Å². The minimum atomic E-state index is 0.190. The van der Waals surface area contributed by atoms with E-state index < -0.39 is 0 Å². The monoisotopic (exact) mass is 254 g/mol. The van der Waals surface area contributed by atoms with Crippen LogP contribution in [0.5, 0.6) is 0 Å². The standard InChI is InChI=1S/C15H30N2O/c1-13-10-15(12-16,8-9-18-13)17(2)11-14-6-4-3-5-7-14/h13-14H,3-12,16H2,1-2H3. The van der Waals surface area contributed by atoms with E-state index in [1.165, 1.54) is 38.6 Å². The molecule has 2 atom stereocenters. The highest BCUT2D eigenvalue weighted by molar-refractivity contribution is 4.95. The smallest absolute Gasteiger partial charge is 0.0565 e.